The van der Waals surface area contributed by atoms with Crippen molar-refractivity contribution in [1.29, 1.82) is 0 Å². The maximum Gasteiger partial charge on any atom is 0.300 e. The quantitative estimate of drug-likeness (QED) is 0.340. The van der Waals surface area contributed by atoms with Crippen LogP contribution in [0.3, 0.4) is 0 Å². The van der Waals surface area contributed by atoms with Crippen molar-refractivity contribution in [2.75, 3.05) is 4.90 Å². The summed E-state index contributed by atoms with van der Waals surface area (Å²) >= 11 is 3.30. The Bertz CT molecular complexity index is 1180. The summed E-state index contributed by atoms with van der Waals surface area (Å²) in [5.41, 5.74) is 0.652. The molecule has 3 aromatic rings. The molecule has 0 spiro atoms. The molecule has 0 bridgehead atoms. The fourth-order valence-electron chi connectivity index (χ4n) is 3.36. The lowest BCUT2D eigenvalue weighted by Gasteiger charge is -2.25. The molecule has 2 heterocycles. The molecule has 1 amide bonds. The van der Waals surface area contributed by atoms with Gasteiger partial charge >= 0.3 is 0 Å². The molecule has 1 N–H and O–H groups in total. The Kier molecular flexibility index (Phi) is 5.17. The van der Waals surface area contributed by atoms with Gasteiger partial charge in [-0.3, -0.25) is 19.5 Å². The number of aromatic nitrogens is 1. The van der Waals surface area contributed by atoms with Crippen molar-refractivity contribution in [3.8, 4) is 0 Å². The average molecular weight is 471 g/mol. The Labute approximate surface area is 178 Å². The molecule has 1 saturated heterocycles. The third kappa shape index (κ3) is 3.39. The predicted octanol–water partition coefficient (Wildman–Crippen LogP) is 4.75. The van der Waals surface area contributed by atoms with Crippen LogP contribution in [0, 0.1) is 11.6 Å². The van der Waals surface area contributed by atoms with Gasteiger partial charge in [0.1, 0.15) is 5.76 Å². The number of hydrogen-bond acceptors (Lipinski definition) is 4. The number of anilines is 1. The van der Waals surface area contributed by atoms with Crippen LogP contribution in [-0.4, -0.2) is 21.8 Å². The van der Waals surface area contributed by atoms with E-state index in [9.17, 15) is 23.5 Å². The van der Waals surface area contributed by atoms with Crippen LogP contribution in [0.2, 0.25) is 0 Å². The lowest BCUT2D eigenvalue weighted by Crippen LogP contribution is -2.29. The number of nitrogens with zero attached hydrogens (tertiary/aromatic N) is 2. The Hall–Kier alpha value is -3.39. The highest BCUT2D eigenvalue weighted by Gasteiger charge is 2.47. The van der Waals surface area contributed by atoms with Crippen LogP contribution in [-0.2, 0) is 9.59 Å². The number of rotatable bonds is 3. The molecule has 2 aromatic carbocycles. The van der Waals surface area contributed by atoms with Crippen LogP contribution in [0.25, 0.3) is 5.76 Å². The molecule has 1 aromatic heterocycles. The minimum atomic E-state index is -1.16. The van der Waals surface area contributed by atoms with E-state index in [1.807, 2.05) is 0 Å². The number of carbonyl (C=O) groups excluding carboxylic acids is 2. The Morgan fingerprint density at radius 3 is 2.27 bits per heavy atom. The normalized spacial score (nSPS) is 18.1. The molecular formula is C22H13BrF2N2O3. The molecule has 150 valence electrons. The topological polar surface area (TPSA) is 70.5 Å². The first-order chi connectivity index (χ1) is 14.4. The fourth-order valence-corrected chi connectivity index (χ4v) is 3.62. The second-order valence-electron chi connectivity index (χ2n) is 6.55. The molecule has 0 saturated carbocycles. The zero-order valence-corrected chi connectivity index (χ0v) is 16.8. The van der Waals surface area contributed by atoms with E-state index in [4.69, 9.17) is 0 Å². The standard InChI is InChI=1S/C22H13BrF2N2O3/c23-14-3-1-13(2-4-14)20(28)18-19(12-7-9-26-10-8-12)27(22(30)21(18)29)15-5-6-16(24)17(25)11-15/h1-11,19,28H/b20-18+. The summed E-state index contributed by atoms with van der Waals surface area (Å²) in [6, 6.07) is 11.6. The highest BCUT2D eigenvalue weighted by Crippen LogP contribution is 2.42. The third-order valence-corrected chi connectivity index (χ3v) is 5.29. The smallest absolute Gasteiger partial charge is 0.300 e. The maximum absolute atomic E-state index is 13.9. The summed E-state index contributed by atoms with van der Waals surface area (Å²) < 4.78 is 28.1. The highest BCUT2D eigenvalue weighted by atomic mass is 79.9. The van der Waals surface area contributed by atoms with E-state index < -0.39 is 29.4 Å². The van der Waals surface area contributed by atoms with Crippen molar-refractivity contribution >= 4 is 39.1 Å². The molecule has 1 atom stereocenters. The van der Waals surface area contributed by atoms with Gasteiger partial charge in [0.2, 0.25) is 0 Å². The van der Waals surface area contributed by atoms with Crippen LogP contribution in [0.5, 0.6) is 0 Å². The summed E-state index contributed by atoms with van der Waals surface area (Å²) in [5, 5.41) is 10.9. The first-order valence-electron chi connectivity index (χ1n) is 8.80. The van der Waals surface area contributed by atoms with Crippen molar-refractivity contribution in [2.24, 2.45) is 0 Å². The maximum atomic E-state index is 13.9. The number of aliphatic hydroxyl groups is 1. The van der Waals surface area contributed by atoms with Gasteiger partial charge in [-0.15, -0.1) is 0 Å². The van der Waals surface area contributed by atoms with Crippen LogP contribution in [0.15, 0.2) is 77.0 Å². The van der Waals surface area contributed by atoms with Gasteiger partial charge in [-0.05, 0) is 42.0 Å². The van der Waals surface area contributed by atoms with Gasteiger partial charge in [0.25, 0.3) is 11.7 Å². The lowest BCUT2D eigenvalue weighted by atomic mass is 9.96. The summed E-state index contributed by atoms with van der Waals surface area (Å²) in [6.45, 7) is 0. The number of benzene rings is 2. The summed E-state index contributed by atoms with van der Waals surface area (Å²) in [5.74, 6) is -4.49. The number of aliphatic hydroxyl groups excluding tert-OH is 1. The minimum Gasteiger partial charge on any atom is -0.507 e. The Balaban J connectivity index is 1.94. The monoisotopic (exact) mass is 470 g/mol. The van der Waals surface area contributed by atoms with E-state index in [1.165, 1.54) is 18.5 Å². The molecular weight excluding hydrogens is 458 g/mol. The third-order valence-electron chi connectivity index (χ3n) is 4.77. The molecule has 8 heteroatoms. The van der Waals surface area contributed by atoms with E-state index in [0.29, 0.717) is 11.1 Å². The van der Waals surface area contributed by atoms with Crippen LogP contribution >= 0.6 is 15.9 Å². The van der Waals surface area contributed by atoms with Gasteiger partial charge in [0.15, 0.2) is 11.6 Å². The number of halogens is 3. The Morgan fingerprint density at radius 2 is 1.63 bits per heavy atom. The number of pyridine rings is 1. The van der Waals surface area contributed by atoms with Crippen molar-refractivity contribution in [3.63, 3.8) is 0 Å². The summed E-state index contributed by atoms with van der Waals surface area (Å²) in [7, 11) is 0. The van der Waals surface area contributed by atoms with Crippen molar-refractivity contribution in [1.82, 2.24) is 4.98 Å². The summed E-state index contributed by atoms with van der Waals surface area (Å²) in [4.78, 5) is 30.8. The van der Waals surface area contributed by atoms with Crippen molar-refractivity contribution < 1.29 is 23.5 Å². The van der Waals surface area contributed by atoms with E-state index >= 15 is 0 Å². The highest BCUT2D eigenvalue weighted by molar-refractivity contribution is 9.10. The minimum absolute atomic E-state index is 0.00679. The predicted molar refractivity (Wildman–Crippen MR) is 110 cm³/mol. The fraction of sp³-hybridized carbons (Fsp3) is 0.0455. The molecule has 0 radical (unpaired) electrons. The van der Waals surface area contributed by atoms with Gasteiger partial charge < -0.3 is 5.11 Å². The molecule has 4 rings (SSSR count). The first-order valence-corrected chi connectivity index (χ1v) is 9.59. The van der Waals surface area contributed by atoms with Crippen LogP contribution < -0.4 is 4.90 Å². The average Bonchev–Trinajstić information content (AvgIpc) is 3.01. The van der Waals surface area contributed by atoms with E-state index in [2.05, 4.69) is 20.9 Å². The van der Waals surface area contributed by atoms with E-state index in [1.54, 1.807) is 36.4 Å². The van der Waals surface area contributed by atoms with Crippen LogP contribution in [0.1, 0.15) is 17.2 Å². The van der Waals surface area contributed by atoms with Crippen molar-refractivity contribution in [2.45, 2.75) is 6.04 Å². The zero-order chi connectivity index (χ0) is 21.4. The molecule has 30 heavy (non-hydrogen) atoms. The first kappa shape index (κ1) is 19.9. The van der Waals surface area contributed by atoms with Gasteiger partial charge in [-0.1, -0.05) is 28.1 Å². The van der Waals surface area contributed by atoms with Gasteiger partial charge in [-0.2, -0.15) is 0 Å². The molecule has 1 aliphatic heterocycles. The number of carbonyl (C=O) groups is 2. The number of Topliss-reactive ketones (excluding diaryl/α,β-unsaturated/α-hetero) is 1. The molecule has 1 fully saturated rings. The van der Waals surface area contributed by atoms with E-state index in [-0.39, 0.29) is 17.0 Å². The second kappa shape index (κ2) is 7.79. The SMILES string of the molecule is O=C1C(=O)N(c2ccc(F)c(F)c2)C(c2ccncc2)/C1=C(\O)c1ccc(Br)cc1. The van der Waals surface area contributed by atoms with Gasteiger partial charge in [0.05, 0.1) is 11.6 Å². The zero-order valence-electron chi connectivity index (χ0n) is 15.2. The largest absolute Gasteiger partial charge is 0.507 e. The second-order valence-corrected chi connectivity index (χ2v) is 7.47. The molecule has 1 unspecified atom stereocenters. The lowest BCUT2D eigenvalue weighted by molar-refractivity contribution is -0.132. The Morgan fingerprint density at radius 1 is 0.967 bits per heavy atom. The number of ketones is 1. The van der Waals surface area contributed by atoms with Crippen molar-refractivity contribution in [3.05, 3.63) is 99.8 Å². The molecule has 1 aliphatic rings. The molecule has 0 aliphatic carbocycles. The summed E-state index contributed by atoms with van der Waals surface area (Å²) in [6.07, 6.45) is 2.95. The van der Waals surface area contributed by atoms with Crippen LogP contribution in [0.4, 0.5) is 14.5 Å². The van der Waals surface area contributed by atoms with Gasteiger partial charge in [0, 0.05) is 34.2 Å². The van der Waals surface area contributed by atoms with E-state index in [0.717, 1.165) is 21.5 Å². The molecule has 5 nitrogen and oxygen atoms in total. The van der Waals surface area contributed by atoms with Gasteiger partial charge in [-0.25, -0.2) is 8.78 Å². The number of hydrogen-bond donors (Lipinski definition) is 1. The number of amides is 1.